The van der Waals surface area contributed by atoms with Gasteiger partial charge in [-0.2, -0.15) is 0 Å². The highest BCUT2D eigenvalue weighted by Crippen LogP contribution is 2.27. The van der Waals surface area contributed by atoms with Crippen LogP contribution in [0.4, 0.5) is 0 Å². The van der Waals surface area contributed by atoms with Crippen molar-refractivity contribution in [2.75, 3.05) is 26.7 Å². The fourth-order valence-electron chi connectivity index (χ4n) is 3.78. The van der Waals surface area contributed by atoms with Crippen LogP contribution in [0.2, 0.25) is 0 Å². The highest BCUT2D eigenvalue weighted by molar-refractivity contribution is 5.97. The number of aliphatic hydroxyl groups excluding tert-OH is 1. The Bertz CT molecular complexity index is 1090. The first-order valence-electron chi connectivity index (χ1n) is 11.9. The number of likely N-dealkylation sites (N-methyl/N-ethyl adjacent to an activating group) is 1. The fourth-order valence-corrected chi connectivity index (χ4v) is 3.78. The molecule has 0 saturated carbocycles. The van der Waals surface area contributed by atoms with E-state index in [0.29, 0.717) is 29.9 Å². The summed E-state index contributed by atoms with van der Waals surface area (Å²) in [4.78, 5) is 38.2. The van der Waals surface area contributed by atoms with Crippen LogP contribution in [-0.2, 0) is 11.2 Å². The summed E-state index contributed by atoms with van der Waals surface area (Å²) in [5, 5.41) is 9.80. The first-order chi connectivity index (χ1) is 16.7. The van der Waals surface area contributed by atoms with Crippen molar-refractivity contribution in [3.63, 3.8) is 0 Å². The van der Waals surface area contributed by atoms with E-state index in [0.717, 1.165) is 0 Å². The highest BCUT2D eigenvalue weighted by atomic mass is 16.5. The molecule has 0 bridgehead atoms. The number of aliphatic hydroxyl groups is 1. The van der Waals surface area contributed by atoms with E-state index in [1.807, 2.05) is 39.0 Å². The van der Waals surface area contributed by atoms with Crippen LogP contribution in [0, 0.1) is 23.7 Å². The molecular formula is C27H34N4O4. The molecule has 2 aromatic heterocycles. The monoisotopic (exact) mass is 478 g/mol. The van der Waals surface area contributed by atoms with Crippen molar-refractivity contribution >= 4 is 11.8 Å². The third kappa shape index (κ3) is 6.80. The Morgan fingerprint density at radius 3 is 2.74 bits per heavy atom. The Morgan fingerprint density at radius 1 is 1.31 bits per heavy atom. The molecule has 0 saturated heterocycles. The minimum Gasteiger partial charge on any atom is -0.472 e. The Hall–Kier alpha value is -3.44. The number of fused-ring (bicyclic) bond motifs is 1. The van der Waals surface area contributed by atoms with Gasteiger partial charge in [-0.25, -0.2) is 4.98 Å². The van der Waals surface area contributed by atoms with Gasteiger partial charge < -0.3 is 19.6 Å². The largest absolute Gasteiger partial charge is 0.472 e. The Morgan fingerprint density at radius 2 is 2.09 bits per heavy atom. The number of rotatable bonds is 6. The van der Waals surface area contributed by atoms with E-state index in [4.69, 9.17) is 4.74 Å². The van der Waals surface area contributed by atoms with Crippen LogP contribution in [-0.4, -0.2) is 75.6 Å². The van der Waals surface area contributed by atoms with Crippen LogP contribution >= 0.6 is 0 Å². The Balaban J connectivity index is 1.89. The quantitative estimate of drug-likeness (QED) is 0.641. The molecule has 3 atom stereocenters. The molecule has 1 aliphatic heterocycles. The third-order valence-electron chi connectivity index (χ3n) is 5.96. The average Bonchev–Trinajstić information content (AvgIpc) is 2.84. The first-order valence-corrected chi connectivity index (χ1v) is 11.9. The molecule has 0 aromatic carbocycles. The van der Waals surface area contributed by atoms with Crippen LogP contribution in [0.15, 0.2) is 36.7 Å². The Kier molecular flexibility index (Phi) is 8.83. The predicted molar refractivity (Wildman–Crippen MR) is 133 cm³/mol. The van der Waals surface area contributed by atoms with E-state index < -0.39 is 6.10 Å². The van der Waals surface area contributed by atoms with Gasteiger partial charge in [-0.1, -0.05) is 38.7 Å². The van der Waals surface area contributed by atoms with E-state index in [1.54, 1.807) is 42.2 Å². The summed E-state index contributed by atoms with van der Waals surface area (Å²) < 4.78 is 6.25. The van der Waals surface area contributed by atoms with E-state index in [1.165, 1.54) is 0 Å². The number of carbonyl (C=O) groups excluding carboxylic acids is 2. The zero-order valence-corrected chi connectivity index (χ0v) is 21.1. The first kappa shape index (κ1) is 26.2. The lowest BCUT2D eigenvalue weighted by Gasteiger charge is -2.37. The molecule has 186 valence electrons. The van der Waals surface area contributed by atoms with Gasteiger partial charge in [0.05, 0.1) is 25.6 Å². The third-order valence-corrected chi connectivity index (χ3v) is 5.96. The van der Waals surface area contributed by atoms with Gasteiger partial charge in [0.15, 0.2) is 0 Å². The number of pyridine rings is 2. The van der Waals surface area contributed by atoms with Crippen molar-refractivity contribution in [3.8, 4) is 17.7 Å². The molecule has 1 N–H and O–H groups in total. The average molecular weight is 479 g/mol. The van der Waals surface area contributed by atoms with Crippen LogP contribution in [0.1, 0.15) is 49.3 Å². The normalized spacial score (nSPS) is 18.5. The molecule has 0 aliphatic carbocycles. The second kappa shape index (κ2) is 11.8. The van der Waals surface area contributed by atoms with E-state index >= 15 is 0 Å². The van der Waals surface area contributed by atoms with E-state index in [-0.39, 0.29) is 48.6 Å². The summed E-state index contributed by atoms with van der Waals surface area (Å²) in [7, 11) is 1.73. The van der Waals surface area contributed by atoms with Crippen LogP contribution in [0.25, 0.3) is 0 Å². The van der Waals surface area contributed by atoms with Gasteiger partial charge in [-0.3, -0.25) is 14.6 Å². The number of aromatic nitrogens is 2. The SMILES string of the molecule is CC(C)C#Cc1cnc2c(c1)C(=O)N([C@H](C)CO)C[C@@H](C)[C@@H](CN(C)C(=O)Cc1ccccn1)O2. The number of hydrogen-bond acceptors (Lipinski definition) is 6. The van der Waals surface area contributed by atoms with Crippen LogP contribution < -0.4 is 4.74 Å². The Labute approximate surface area is 207 Å². The second-order valence-electron chi connectivity index (χ2n) is 9.40. The summed E-state index contributed by atoms with van der Waals surface area (Å²) in [5.74, 6) is 6.08. The lowest BCUT2D eigenvalue weighted by atomic mass is 9.99. The molecule has 8 heteroatoms. The van der Waals surface area contributed by atoms with Crippen molar-refractivity contribution < 1.29 is 19.4 Å². The number of hydrogen-bond donors (Lipinski definition) is 1. The minimum atomic E-state index is -0.409. The molecule has 0 spiro atoms. The van der Waals surface area contributed by atoms with Crippen molar-refractivity contribution in [1.82, 2.24) is 19.8 Å². The van der Waals surface area contributed by atoms with E-state index in [9.17, 15) is 14.7 Å². The summed E-state index contributed by atoms with van der Waals surface area (Å²) in [6.07, 6.45) is 3.05. The van der Waals surface area contributed by atoms with Gasteiger partial charge >= 0.3 is 0 Å². The lowest BCUT2D eigenvalue weighted by molar-refractivity contribution is -0.130. The molecular weight excluding hydrogens is 444 g/mol. The molecule has 1 aliphatic rings. The zero-order valence-electron chi connectivity index (χ0n) is 21.1. The highest BCUT2D eigenvalue weighted by Gasteiger charge is 2.34. The van der Waals surface area contributed by atoms with Crippen molar-refractivity contribution in [2.45, 2.75) is 46.3 Å². The van der Waals surface area contributed by atoms with Crippen molar-refractivity contribution in [3.05, 3.63) is 53.5 Å². The minimum absolute atomic E-state index is 0.0780. The summed E-state index contributed by atoms with van der Waals surface area (Å²) in [6.45, 7) is 8.28. The number of amides is 2. The number of ether oxygens (including phenoxy) is 1. The summed E-state index contributed by atoms with van der Waals surface area (Å²) >= 11 is 0. The second-order valence-corrected chi connectivity index (χ2v) is 9.40. The lowest BCUT2D eigenvalue weighted by Crippen LogP contribution is -2.50. The molecule has 0 fully saturated rings. The van der Waals surface area contributed by atoms with Gasteiger partial charge in [0.25, 0.3) is 5.91 Å². The smallest absolute Gasteiger partial charge is 0.259 e. The zero-order chi connectivity index (χ0) is 25.5. The molecule has 2 amide bonds. The van der Waals surface area contributed by atoms with E-state index in [2.05, 4.69) is 21.8 Å². The van der Waals surface area contributed by atoms with Gasteiger partial charge in [0, 0.05) is 49.1 Å². The molecule has 8 nitrogen and oxygen atoms in total. The topological polar surface area (TPSA) is 95.9 Å². The van der Waals surface area contributed by atoms with Gasteiger partial charge in [-0.05, 0) is 25.1 Å². The molecule has 0 radical (unpaired) electrons. The maximum atomic E-state index is 13.4. The van der Waals surface area contributed by atoms with Gasteiger partial charge in [-0.15, -0.1) is 0 Å². The molecule has 3 heterocycles. The molecule has 2 aromatic rings. The summed E-state index contributed by atoms with van der Waals surface area (Å²) in [5.41, 5.74) is 1.63. The van der Waals surface area contributed by atoms with Crippen LogP contribution in [0.3, 0.4) is 0 Å². The number of nitrogens with zero attached hydrogens (tertiary/aromatic N) is 4. The fraction of sp³-hybridized carbons (Fsp3) is 0.481. The van der Waals surface area contributed by atoms with Gasteiger partial charge in [0.1, 0.15) is 11.7 Å². The maximum Gasteiger partial charge on any atom is 0.259 e. The maximum absolute atomic E-state index is 13.4. The molecule has 35 heavy (non-hydrogen) atoms. The predicted octanol–water partition coefficient (Wildman–Crippen LogP) is 2.41. The van der Waals surface area contributed by atoms with Crippen LogP contribution in [0.5, 0.6) is 5.88 Å². The number of carbonyl (C=O) groups is 2. The standard InChI is InChI=1S/C27H34N4O4/c1-18(2)9-10-21-12-23-26(29-14-21)35-24(19(3)15-31(27(23)34)20(4)17-32)16-30(5)25(33)13-22-8-6-7-11-28-22/h6-8,11-12,14,18-20,24,32H,13,15-17H2,1-5H3/t19-,20-,24-/m1/s1. The molecule has 0 unspecified atom stereocenters. The molecule has 3 rings (SSSR count). The summed E-state index contributed by atoms with van der Waals surface area (Å²) in [6, 6.07) is 6.80. The van der Waals surface area contributed by atoms with Gasteiger partial charge in [0.2, 0.25) is 11.8 Å². The van der Waals surface area contributed by atoms with Crippen molar-refractivity contribution in [1.29, 1.82) is 0 Å². The van der Waals surface area contributed by atoms with Crippen molar-refractivity contribution in [2.24, 2.45) is 11.8 Å².